The number of Topliss-reactive ketones (excluding diaryl/α,β-unsaturated/α-hetero) is 1. The standard InChI is InChI=1S/C10H8N2OS2/c13-6-4-11-5-8-9(6)10(12-15-8)7-2-1-3-14-7/h1-3,11H,4-5H2. The van der Waals surface area contributed by atoms with Gasteiger partial charge in [-0.1, -0.05) is 6.07 Å². The predicted molar refractivity (Wildman–Crippen MR) is 61.5 cm³/mol. The Labute approximate surface area is 94.9 Å². The first-order chi connectivity index (χ1) is 7.36. The topological polar surface area (TPSA) is 42.0 Å². The summed E-state index contributed by atoms with van der Waals surface area (Å²) in [5.74, 6) is 0.161. The highest BCUT2D eigenvalue weighted by Crippen LogP contribution is 2.32. The van der Waals surface area contributed by atoms with E-state index >= 15 is 0 Å². The van der Waals surface area contributed by atoms with E-state index in [0.717, 1.165) is 27.6 Å². The number of thiophene rings is 1. The maximum Gasteiger partial charge on any atom is 0.180 e. The Bertz CT molecular complexity index is 501. The van der Waals surface area contributed by atoms with Gasteiger partial charge in [-0.2, -0.15) is 4.37 Å². The summed E-state index contributed by atoms with van der Waals surface area (Å²) >= 11 is 3.05. The SMILES string of the molecule is O=C1CNCc2snc(-c3cccs3)c21. The number of carbonyl (C=O) groups excluding carboxylic acids is 1. The number of carbonyl (C=O) groups is 1. The van der Waals surface area contributed by atoms with Gasteiger partial charge in [-0.3, -0.25) is 4.79 Å². The molecule has 3 nitrogen and oxygen atoms in total. The van der Waals surface area contributed by atoms with Gasteiger partial charge in [0.05, 0.1) is 21.9 Å². The van der Waals surface area contributed by atoms with E-state index in [1.165, 1.54) is 11.5 Å². The Balaban J connectivity index is 2.18. The first-order valence-electron chi connectivity index (χ1n) is 4.62. The monoisotopic (exact) mass is 236 g/mol. The van der Waals surface area contributed by atoms with E-state index in [2.05, 4.69) is 9.69 Å². The molecule has 2 aromatic rings. The minimum absolute atomic E-state index is 0.161. The van der Waals surface area contributed by atoms with E-state index < -0.39 is 0 Å². The van der Waals surface area contributed by atoms with Gasteiger partial charge in [0, 0.05) is 6.54 Å². The summed E-state index contributed by atoms with van der Waals surface area (Å²) in [6, 6.07) is 3.99. The van der Waals surface area contributed by atoms with Crippen molar-refractivity contribution >= 4 is 28.7 Å². The molecule has 1 N–H and O–H groups in total. The number of nitrogens with one attached hydrogen (secondary N) is 1. The Kier molecular flexibility index (Phi) is 2.16. The lowest BCUT2D eigenvalue weighted by Gasteiger charge is -2.11. The molecule has 0 saturated carbocycles. The van der Waals surface area contributed by atoms with Gasteiger partial charge >= 0.3 is 0 Å². The van der Waals surface area contributed by atoms with Crippen LogP contribution in [0, 0.1) is 0 Å². The third kappa shape index (κ3) is 1.43. The van der Waals surface area contributed by atoms with E-state index in [9.17, 15) is 4.79 Å². The van der Waals surface area contributed by atoms with Crippen LogP contribution in [0.3, 0.4) is 0 Å². The fourth-order valence-electron chi connectivity index (χ4n) is 1.69. The smallest absolute Gasteiger partial charge is 0.180 e. The third-order valence-corrected chi connectivity index (χ3v) is 4.09. The summed E-state index contributed by atoms with van der Waals surface area (Å²) in [5, 5.41) is 5.08. The first-order valence-corrected chi connectivity index (χ1v) is 6.28. The Hall–Kier alpha value is -1.04. The average molecular weight is 236 g/mol. The summed E-state index contributed by atoms with van der Waals surface area (Å²) in [5.41, 5.74) is 1.71. The minimum atomic E-state index is 0.161. The Morgan fingerprint density at radius 3 is 3.13 bits per heavy atom. The molecule has 0 radical (unpaired) electrons. The lowest BCUT2D eigenvalue weighted by molar-refractivity contribution is 0.0984. The van der Waals surface area contributed by atoms with Gasteiger partial charge in [-0.15, -0.1) is 11.3 Å². The van der Waals surface area contributed by atoms with Crippen molar-refractivity contribution in [3.8, 4) is 10.6 Å². The number of hydrogen-bond donors (Lipinski definition) is 1. The third-order valence-electron chi connectivity index (χ3n) is 2.37. The highest BCUT2D eigenvalue weighted by molar-refractivity contribution is 7.14. The number of ketones is 1. The quantitative estimate of drug-likeness (QED) is 0.825. The number of aromatic nitrogens is 1. The zero-order chi connectivity index (χ0) is 10.3. The van der Waals surface area contributed by atoms with Crippen LogP contribution in [0.15, 0.2) is 17.5 Å². The zero-order valence-electron chi connectivity index (χ0n) is 7.82. The molecule has 0 saturated heterocycles. The van der Waals surface area contributed by atoms with Crippen molar-refractivity contribution in [2.24, 2.45) is 0 Å². The molecule has 0 aliphatic carbocycles. The Morgan fingerprint density at radius 2 is 2.33 bits per heavy atom. The number of hydrogen-bond acceptors (Lipinski definition) is 5. The van der Waals surface area contributed by atoms with Crippen molar-refractivity contribution < 1.29 is 4.79 Å². The van der Waals surface area contributed by atoms with Gasteiger partial charge in [0.2, 0.25) is 0 Å². The van der Waals surface area contributed by atoms with Crippen molar-refractivity contribution in [2.45, 2.75) is 6.54 Å². The van der Waals surface area contributed by atoms with E-state index in [1.54, 1.807) is 11.3 Å². The first kappa shape index (κ1) is 9.21. The molecule has 0 aromatic carbocycles. The fourth-order valence-corrected chi connectivity index (χ4v) is 3.33. The van der Waals surface area contributed by atoms with Gasteiger partial charge in [0.1, 0.15) is 5.69 Å². The van der Waals surface area contributed by atoms with Crippen LogP contribution in [-0.2, 0) is 6.54 Å². The van der Waals surface area contributed by atoms with Gasteiger partial charge < -0.3 is 5.32 Å². The summed E-state index contributed by atoms with van der Waals surface area (Å²) in [7, 11) is 0. The molecule has 2 aromatic heterocycles. The van der Waals surface area contributed by atoms with Crippen LogP contribution in [0.2, 0.25) is 0 Å². The zero-order valence-corrected chi connectivity index (χ0v) is 9.45. The van der Waals surface area contributed by atoms with Gasteiger partial charge in [-0.25, -0.2) is 0 Å². The highest BCUT2D eigenvalue weighted by Gasteiger charge is 2.24. The van der Waals surface area contributed by atoms with Crippen LogP contribution in [0.4, 0.5) is 0 Å². The van der Waals surface area contributed by atoms with Crippen LogP contribution in [0.5, 0.6) is 0 Å². The van der Waals surface area contributed by atoms with Crippen molar-refractivity contribution in [1.29, 1.82) is 0 Å². The number of rotatable bonds is 1. The van der Waals surface area contributed by atoms with Gasteiger partial charge in [0.15, 0.2) is 5.78 Å². The van der Waals surface area contributed by atoms with E-state index in [4.69, 9.17) is 0 Å². The summed E-state index contributed by atoms with van der Waals surface area (Å²) < 4.78 is 4.38. The molecule has 5 heteroatoms. The van der Waals surface area contributed by atoms with Crippen LogP contribution >= 0.6 is 22.9 Å². The molecule has 0 fully saturated rings. The largest absolute Gasteiger partial charge is 0.305 e. The van der Waals surface area contributed by atoms with Crippen molar-refractivity contribution in [3.63, 3.8) is 0 Å². The molecule has 1 aliphatic rings. The van der Waals surface area contributed by atoms with Crippen molar-refractivity contribution in [2.75, 3.05) is 6.54 Å². The molecular weight excluding hydrogens is 228 g/mol. The summed E-state index contributed by atoms with van der Waals surface area (Å²) in [6.07, 6.45) is 0. The van der Waals surface area contributed by atoms with Gasteiger partial charge in [-0.05, 0) is 23.0 Å². The number of nitrogens with zero attached hydrogens (tertiary/aromatic N) is 1. The van der Waals surface area contributed by atoms with Crippen LogP contribution in [-0.4, -0.2) is 16.7 Å². The second kappa shape index (κ2) is 3.52. The lowest BCUT2D eigenvalue weighted by atomic mass is 10.1. The van der Waals surface area contributed by atoms with E-state index in [1.807, 2.05) is 17.5 Å². The highest BCUT2D eigenvalue weighted by atomic mass is 32.1. The maximum absolute atomic E-state index is 11.8. The Morgan fingerprint density at radius 1 is 1.40 bits per heavy atom. The molecule has 0 atom stereocenters. The molecule has 76 valence electrons. The molecule has 15 heavy (non-hydrogen) atoms. The van der Waals surface area contributed by atoms with Crippen LogP contribution < -0.4 is 5.32 Å². The maximum atomic E-state index is 11.8. The van der Waals surface area contributed by atoms with Crippen molar-refractivity contribution in [1.82, 2.24) is 9.69 Å². The fraction of sp³-hybridized carbons (Fsp3) is 0.200. The van der Waals surface area contributed by atoms with E-state index in [-0.39, 0.29) is 5.78 Å². The molecule has 0 bridgehead atoms. The molecular formula is C10H8N2OS2. The van der Waals surface area contributed by atoms with Gasteiger partial charge in [0.25, 0.3) is 0 Å². The van der Waals surface area contributed by atoms with Crippen LogP contribution in [0.25, 0.3) is 10.6 Å². The second-order valence-electron chi connectivity index (χ2n) is 3.33. The molecule has 3 heterocycles. The average Bonchev–Trinajstić information content (AvgIpc) is 2.85. The van der Waals surface area contributed by atoms with E-state index in [0.29, 0.717) is 6.54 Å². The van der Waals surface area contributed by atoms with Crippen LogP contribution in [0.1, 0.15) is 15.2 Å². The molecule has 0 amide bonds. The predicted octanol–water partition coefficient (Wildman–Crippen LogP) is 2.16. The normalized spacial score (nSPS) is 15.3. The molecule has 0 spiro atoms. The number of fused-ring (bicyclic) bond motifs is 1. The summed E-state index contributed by atoms with van der Waals surface area (Å²) in [6.45, 7) is 1.20. The van der Waals surface area contributed by atoms with Crippen molar-refractivity contribution in [3.05, 3.63) is 28.0 Å². The molecule has 0 unspecified atom stereocenters. The minimum Gasteiger partial charge on any atom is -0.305 e. The molecule has 3 rings (SSSR count). The lowest BCUT2D eigenvalue weighted by Crippen LogP contribution is -2.28. The summed E-state index contributed by atoms with van der Waals surface area (Å²) in [4.78, 5) is 13.9. The second-order valence-corrected chi connectivity index (χ2v) is 5.14. The molecule has 1 aliphatic heterocycles.